The molecular weight excluding hydrogens is 454 g/mol. The van der Waals surface area contributed by atoms with E-state index in [1.165, 1.54) is 23.1 Å². The third kappa shape index (κ3) is 5.36. The minimum Gasteiger partial charge on any atom is -0.330 e. The molecule has 1 aliphatic rings. The predicted molar refractivity (Wildman–Crippen MR) is 127 cm³/mol. The average molecular weight is 474 g/mol. The van der Waals surface area contributed by atoms with Crippen LogP contribution in [0.4, 0.5) is 22.2 Å². The van der Waals surface area contributed by atoms with Crippen LogP contribution in [0.25, 0.3) is 0 Å². The van der Waals surface area contributed by atoms with E-state index in [2.05, 4.69) is 20.8 Å². The van der Waals surface area contributed by atoms with Crippen LogP contribution in [0, 0.1) is 6.92 Å². The fraction of sp³-hybridized carbons (Fsp3) is 0.238. The molecule has 31 heavy (non-hydrogen) atoms. The van der Waals surface area contributed by atoms with Crippen LogP contribution in [0.5, 0.6) is 0 Å². The average Bonchev–Trinajstić information content (AvgIpc) is 3.39. The minimum atomic E-state index is -0.134. The summed E-state index contributed by atoms with van der Waals surface area (Å²) in [5.41, 5.74) is 3.36. The van der Waals surface area contributed by atoms with Gasteiger partial charge in [0.1, 0.15) is 0 Å². The number of amides is 2. The van der Waals surface area contributed by atoms with Crippen LogP contribution in [0.2, 0.25) is 5.02 Å². The highest BCUT2D eigenvalue weighted by atomic mass is 35.5. The van der Waals surface area contributed by atoms with Crippen molar-refractivity contribution in [3.05, 3.63) is 53.1 Å². The molecule has 2 N–H and O–H groups in total. The van der Waals surface area contributed by atoms with E-state index in [0.29, 0.717) is 26.6 Å². The lowest BCUT2D eigenvalue weighted by atomic mass is 10.2. The monoisotopic (exact) mass is 473 g/mol. The molecule has 0 unspecified atom stereocenters. The second kappa shape index (κ2) is 9.67. The van der Waals surface area contributed by atoms with Gasteiger partial charge in [0.15, 0.2) is 4.34 Å². The molecule has 3 aromatic rings. The van der Waals surface area contributed by atoms with Crippen LogP contribution < -0.4 is 15.5 Å². The first-order chi connectivity index (χ1) is 15.0. The molecule has 0 aliphatic carbocycles. The Bertz CT molecular complexity index is 1100. The van der Waals surface area contributed by atoms with Crippen LogP contribution in [0.3, 0.4) is 0 Å². The largest absolute Gasteiger partial charge is 0.330 e. The van der Waals surface area contributed by atoms with E-state index >= 15 is 0 Å². The molecule has 0 saturated carbocycles. The third-order valence-corrected chi connectivity index (χ3v) is 7.16. The van der Waals surface area contributed by atoms with Gasteiger partial charge < -0.3 is 15.5 Å². The number of thioether (sulfide) groups is 1. The fourth-order valence-corrected chi connectivity index (χ4v) is 4.89. The lowest BCUT2D eigenvalue weighted by Crippen LogP contribution is -2.23. The number of hydrogen-bond donors (Lipinski definition) is 2. The molecular formula is C21H20ClN5O2S2. The molecule has 0 atom stereocenters. The van der Waals surface area contributed by atoms with Crippen molar-refractivity contribution < 1.29 is 9.59 Å². The molecule has 1 aliphatic heterocycles. The van der Waals surface area contributed by atoms with Gasteiger partial charge in [0.05, 0.1) is 5.75 Å². The number of nitrogens with zero attached hydrogens (tertiary/aromatic N) is 3. The van der Waals surface area contributed by atoms with Gasteiger partial charge in [-0.15, -0.1) is 10.2 Å². The Balaban J connectivity index is 1.28. The highest BCUT2D eigenvalue weighted by Gasteiger charge is 2.21. The molecule has 10 heteroatoms. The van der Waals surface area contributed by atoms with Crippen LogP contribution in [0.15, 0.2) is 46.8 Å². The summed E-state index contributed by atoms with van der Waals surface area (Å²) in [6, 6.07) is 13.0. The van der Waals surface area contributed by atoms with E-state index in [-0.39, 0.29) is 17.6 Å². The van der Waals surface area contributed by atoms with Gasteiger partial charge in [-0.2, -0.15) is 0 Å². The van der Waals surface area contributed by atoms with Crippen LogP contribution in [-0.2, 0) is 9.59 Å². The molecule has 2 aromatic carbocycles. The maximum Gasteiger partial charge on any atom is 0.234 e. The summed E-state index contributed by atoms with van der Waals surface area (Å²) in [4.78, 5) is 25.9. The summed E-state index contributed by atoms with van der Waals surface area (Å²) in [7, 11) is 0. The molecule has 0 bridgehead atoms. The number of rotatable bonds is 7. The molecule has 160 valence electrons. The van der Waals surface area contributed by atoms with Gasteiger partial charge in [0, 0.05) is 35.1 Å². The summed E-state index contributed by atoms with van der Waals surface area (Å²) in [5.74, 6) is 0.229. The highest BCUT2D eigenvalue weighted by Crippen LogP contribution is 2.31. The lowest BCUT2D eigenvalue weighted by molar-refractivity contribution is -0.117. The number of halogens is 1. The van der Waals surface area contributed by atoms with Crippen molar-refractivity contribution >= 4 is 68.7 Å². The first-order valence-corrected chi connectivity index (χ1v) is 11.9. The minimum absolute atomic E-state index is 0.134. The zero-order valence-electron chi connectivity index (χ0n) is 16.7. The Hall–Kier alpha value is -2.62. The Kier molecular flexibility index (Phi) is 6.74. The molecule has 1 aromatic heterocycles. The number of carbonyl (C=O) groups excluding carboxylic acids is 2. The standard InChI is InChI=1S/C21H20ClN5O2S2/c1-13-16(22)4-2-5-17(13)24-20-25-26-21(31-20)30-12-18(28)23-14-7-9-15(10-8-14)27-11-3-6-19(27)29/h2,4-5,7-10H,3,6,11-12H2,1H3,(H,23,28)(H,24,25). The Labute approximate surface area is 193 Å². The highest BCUT2D eigenvalue weighted by molar-refractivity contribution is 8.01. The number of aromatic nitrogens is 2. The third-order valence-electron chi connectivity index (χ3n) is 4.78. The van der Waals surface area contributed by atoms with E-state index in [4.69, 9.17) is 11.6 Å². The second-order valence-corrected chi connectivity index (χ2v) is 9.55. The molecule has 1 fully saturated rings. The molecule has 0 spiro atoms. The normalized spacial score (nSPS) is 13.5. The van der Waals surface area contributed by atoms with Crippen LogP contribution >= 0.6 is 34.7 Å². The van der Waals surface area contributed by atoms with Crippen molar-refractivity contribution in [1.82, 2.24) is 10.2 Å². The Morgan fingerprint density at radius 2 is 2.03 bits per heavy atom. The van der Waals surface area contributed by atoms with Crippen molar-refractivity contribution in [2.75, 3.05) is 27.8 Å². The quantitative estimate of drug-likeness (QED) is 0.464. The molecule has 4 rings (SSSR count). The summed E-state index contributed by atoms with van der Waals surface area (Å²) >= 11 is 8.85. The van der Waals surface area contributed by atoms with Crippen molar-refractivity contribution in [2.24, 2.45) is 0 Å². The van der Waals surface area contributed by atoms with Gasteiger partial charge in [-0.05, 0) is 55.3 Å². The Morgan fingerprint density at radius 3 is 2.77 bits per heavy atom. The zero-order chi connectivity index (χ0) is 21.8. The Morgan fingerprint density at radius 1 is 1.23 bits per heavy atom. The molecule has 1 saturated heterocycles. The summed E-state index contributed by atoms with van der Waals surface area (Å²) in [5, 5.41) is 15.6. The van der Waals surface area contributed by atoms with E-state index in [1.807, 2.05) is 49.4 Å². The van der Waals surface area contributed by atoms with Crippen LogP contribution in [-0.4, -0.2) is 34.3 Å². The molecule has 0 radical (unpaired) electrons. The van der Waals surface area contributed by atoms with Gasteiger partial charge in [0.25, 0.3) is 0 Å². The molecule has 2 heterocycles. The van der Waals surface area contributed by atoms with Crippen LogP contribution in [0.1, 0.15) is 18.4 Å². The molecule has 2 amide bonds. The van der Waals surface area contributed by atoms with Crippen molar-refractivity contribution in [3.63, 3.8) is 0 Å². The van der Waals surface area contributed by atoms with E-state index in [1.54, 1.807) is 4.90 Å². The van der Waals surface area contributed by atoms with E-state index in [9.17, 15) is 9.59 Å². The van der Waals surface area contributed by atoms with Crippen molar-refractivity contribution in [1.29, 1.82) is 0 Å². The summed E-state index contributed by atoms with van der Waals surface area (Å²) in [6.45, 7) is 2.68. The number of anilines is 4. The van der Waals surface area contributed by atoms with Gasteiger partial charge in [0.2, 0.25) is 16.9 Å². The fourth-order valence-electron chi connectivity index (χ4n) is 3.15. The van der Waals surface area contributed by atoms with E-state index < -0.39 is 0 Å². The van der Waals surface area contributed by atoms with Crippen molar-refractivity contribution in [2.45, 2.75) is 24.1 Å². The topological polar surface area (TPSA) is 87.2 Å². The smallest absolute Gasteiger partial charge is 0.234 e. The van der Waals surface area contributed by atoms with Gasteiger partial charge >= 0.3 is 0 Å². The van der Waals surface area contributed by atoms with Crippen molar-refractivity contribution in [3.8, 4) is 0 Å². The number of hydrogen-bond acceptors (Lipinski definition) is 7. The second-order valence-electron chi connectivity index (χ2n) is 6.94. The summed E-state index contributed by atoms with van der Waals surface area (Å²) < 4.78 is 0.695. The first kappa shape index (κ1) is 21.6. The molecule has 7 nitrogen and oxygen atoms in total. The van der Waals surface area contributed by atoms with E-state index in [0.717, 1.165) is 29.9 Å². The number of benzene rings is 2. The van der Waals surface area contributed by atoms with Gasteiger partial charge in [-0.1, -0.05) is 40.8 Å². The maximum absolute atomic E-state index is 12.3. The van der Waals surface area contributed by atoms with Gasteiger partial charge in [-0.25, -0.2) is 0 Å². The number of nitrogens with one attached hydrogen (secondary N) is 2. The number of carbonyl (C=O) groups is 2. The lowest BCUT2D eigenvalue weighted by Gasteiger charge is -2.16. The zero-order valence-corrected chi connectivity index (χ0v) is 19.1. The van der Waals surface area contributed by atoms with Gasteiger partial charge in [-0.3, -0.25) is 9.59 Å². The summed E-state index contributed by atoms with van der Waals surface area (Å²) in [6.07, 6.45) is 1.48. The predicted octanol–water partition coefficient (Wildman–Crippen LogP) is 5.10. The maximum atomic E-state index is 12.3. The first-order valence-electron chi connectivity index (χ1n) is 9.68. The SMILES string of the molecule is Cc1c(Cl)cccc1Nc1nnc(SCC(=O)Nc2ccc(N3CCCC3=O)cc2)s1.